The smallest absolute Gasteiger partial charge is 0.291 e. The largest absolute Gasteiger partial charge is 0.459 e. The molecule has 3 rings (SSSR count). The number of carbonyl (C=O) groups excluding carboxylic acids is 2. The van der Waals surface area contributed by atoms with Gasteiger partial charge in [-0.2, -0.15) is 0 Å². The first kappa shape index (κ1) is 21.3. The number of carbonyl (C=O) groups is 2. The summed E-state index contributed by atoms with van der Waals surface area (Å²) in [6.45, 7) is 3.52. The van der Waals surface area contributed by atoms with E-state index in [2.05, 4.69) is 10.6 Å². The molecule has 2 amide bonds. The number of amides is 2. The summed E-state index contributed by atoms with van der Waals surface area (Å²) in [6.07, 6.45) is 1.43. The number of nitrogens with one attached hydrogen (secondary N) is 2. The van der Waals surface area contributed by atoms with Gasteiger partial charge in [-0.15, -0.1) is 0 Å². The molecule has 0 aliphatic heterocycles. The minimum Gasteiger partial charge on any atom is -0.459 e. The highest BCUT2D eigenvalue weighted by molar-refractivity contribution is 7.92. The Kier molecular flexibility index (Phi) is 6.37. The van der Waals surface area contributed by atoms with Crippen molar-refractivity contribution >= 4 is 27.3 Å². The summed E-state index contributed by atoms with van der Waals surface area (Å²) < 4.78 is 29.3. The van der Waals surface area contributed by atoms with Gasteiger partial charge in [-0.05, 0) is 67.9 Å². The fraction of sp³-hybridized carbons (Fsp3) is 0.182. The molecule has 156 valence electrons. The van der Waals surface area contributed by atoms with Crippen LogP contribution in [0.1, 0.15) is 40.3 Å². The maximum absolute atomic E-state index is 12.3. The van der Waals surface area contributed by atoms with Crippen LogP contribution in [0.25, 0.3) is 0 Å². The van der Waals surface area contributed by atoms with E-state index >= 15 is 0 Å². The highest BCUT2D eigenvalue weighted by Gasteiger charge is 2.19. The Morgan fingerprint density at radius 3 is 2.17 bits per heavy atom. The van der Waals surface area contributed by atoms with Gasteiger partial charge in [0.15, 0.2) is 15.6 Å². The van der Waals surface area contributed by atoms with Gasteiger partial charge in [0.2, 0.25) is 0 Å². The molecule has 8 heteroatoms. The highest BCUT2D eigenvalue weighted by atomic mass is 32.2. The van der Waals surface area contributed by atoms with Crippen molar-refractivity contribution in [3.05, 3.63) is 83.8 Å². The zero-order valence-corrected chi connectivity index (χ0v) is 17.4. The Morgan fingerprint density at radius 2 is 1.60 bits per heavy atom. The van der Waals surface area contributed by atoms with E-state index in [1.165, 1.54) is 30.5 Å². The van der Waals surface area contributed by atoms with Gasteiger partial charge in [0.25, 0.3) is 11.8 Å². The number of furan rings is 1. The predicted octanol–water partition coefficient (Wildman–Crippen LogP) is 3.64. The van der Waals surface area contributed by atoms with Crippen LogP contribution in [0.2, 0.25) is 0 Å². The monoisotopic (exact) mass is 426 g/mol. The van der Waals surface area contributed by atoms with Gasteiger partial charge in [-0.25, -0.2) is 8.42 Å². The summed E-state index contributed by atoms with van der Waals surface area (Å²) in [5.41, 5.74) is 1.83. The molecule has 0 radical (unpaired) electrons. The van der Waals surface area contributed by atoms with Crippen LogP contribution < -0.4 is 10.6 Å². The second-order valence-corrected chi connectivity index (χ2v) is 9.43. The molecule has 2 N–H and O–H groups in total. The molecule has 0 aliphatic rings. The Morgan fingerprint density at radius 1 is 0.933 bits per heavy atom. The van der Waals surface area contributed by atoms with Crippen molar-refractivity contribution in [2.24, 2.45) is 0 Å². The standard InChI is InChI=1S/C22H22N2O5S/c1-15(2)30(27,28)19-11-7-17(8-12-19)21(25)23-14-16-5-9-18(10-6-16)24-22(26)20-4-3-13-29-20/h3-13,15H,14H2,1-2H3,(H,23,25)(H,24,26). The van der Waals surface area contributed by atoms with Gasteiger partial charge >= 0.3 is 0 Å². The third-order valence-corrected chi connectivity index (χ3v) is 6.65. The molecule has 0 bridgehead atoms. The number of benzene rings is 2. The van der Waals surface area contributed by atoms with Gasteiger partial charge in [-0.3, -0.25) is 9.59 Å². The van der Waals surface area contributed by atoms with E-state index < -0.39 is 15.1 Å². The topological polar surface area (TPSA) is 105 Å². The SMILES string of the molecule is CC(C)S(=O)(=O)c1ccc(C(=O)NCc2ccc(NC(=O)c3ccco3)cc2)cc1. The average Bonchev–Trinajstić information content (AvgIpc) is 3.28. The average molecular weight is 426 g/mol. The van der Waals surface area contributed by atoms with Crippen molar-refractivity contribution in [3.8, 4) is 0 Å². The van der Waals surface area contributed by atoms with Crippen LogP contribution in [0.4, 0.5) is 5.69 Å². The Balaban J connectivity index is 1.56. The summed E-state index contributed by atoms with van der Waals surface area (Å²) in [5.74, 6) is -0.429. The fourth-order valence-electron chi connectivity index (χ4n) is 2.66. The lowest BCUT2D eigenvalue weighted by Gasteiger charge is -2.09. The number of hydrogen-bond donors (Lipinski definition) is 2. The van der Waals surface area contributed by atoms with Crippen molar-refractivity contribution < 1.29 is 22.4 Å². The van der Waals surface area contributed by atoms with E-state index in [4.69, 9.17) is 4.42 Å². The summed E-state index contributed by atoms with van der Waals surface area (Å²) in [4.78, 5) is 24.5. The lowest BCUT2D eigenvalue weighted by atomic mass is 10.2. The van der Waals surface area contributed by atoms with Gasteiger partial charge in [-0.1, -0.05) is 12.1 Å². The van der Waals surface area contributed by atoms with Crippen molar-refractivity contribution in [2.45, 2.75) is 30.5 Å². The van der Waals surface area contributed by atoms with Gasteiger partial charge in [0.1, 0.15) is 0 Å². The van der Waals surface area contributed by atoms with Crippen LogP contribution in [-0.4, -0.2) is 25.5 Å². The second-order valence-electron chi connectivity index (χ2n) is 6.93. The van der Waals surface area contributed by atoms with E-state index in [-0.39, 0.29) is 29.0 Å². The first-order chi connectivity index (χ1) is 14.3. The normalized spacial score (nSPS) is 11.3. The van der Waals surface area contributed by atoms with E-state index in [0.717, 1.165) is 5.56 Å². The van der Waals surface area contributed by atoms with Crippen LogP contribution in [0.15, 0.2) is 76.2 Å². The summed E-state index contributed by atoms with van der Waals surface area (Å²) in [5, 5.41) is 4.98. The number of rotatable bonds is 7. The van der Waals surface area contributed by atoms with Gasteiger partial charge in [0.05, 0.1) is 16.4 Å². The van der Waals surface area contributed by atoms with Crippen LogP contribution >= 0.6 is 0 Å². The summed E-state index contributed by atoms with van der Waals surface area (Å²) >= 11 is 0. The van der Waals surface area contributed by atoms with E-state index in [1.54, 1.807) is 50.2 Å². The molecule has 1 heterocycles. The molecule has 0 aliphatic carbocycles. The van der Waals surface area contributed by atoms with Crippen LogP contribution in [0, 0.1) is 0 Å². The van der Waals surface area contributed by atoms with E-state index in [1.807, 2.05) is 0 Å². The number of anilines is 1. The van der Waals surface area contributed by atoms with E-state index in [9.17, 15) is 18.0 Å². The molecule has 7 nitrogen and oxygen atoms in total. The third-order valence-electron chi connectivity index (χ3n) is 4.48. The van der Waals surface area contributed by atoms with Crippen molar-refractivity contribution in [2.75, 3.05) is 5.32 Å². The van der Waals surface area contributed by atoms with Crippen molar-refractivity contribution in [3.63, 3.8) is 0 Å². The first-order valence-electron chi connectivity index (χ1n) is 9.33. The molecule has 0 unspecified atom stereocenters. The number of hydrogen-bond acceptors (Lipinski definition) is 5. The fourth-order valence-corrected chi connectivity index (χ4v) is 3.72. The minimum atomic E-state index is -3.37. The van der Waals surface area contributed by atoms with Crippen LogP contribution in [0.3, 0.4) is 0 Å². The van der Waals surface area contributed by atoms with E-state index in [0.29, 0.717) is 11.3 Å². The highest BCUT2D eigenvalue weighted by Crippen LogP contribution is 2.17. The molecular weight excluding hydrogens is 404 g/mol. The van der Waals surface area contributed by atoms with Gasteiger partial charge < -0.3 is 15.1 Å². The van der Waals surface area contributed by atoms with Crippen molar-refractivity contribution in [1.82, 2.24) is 5.32 Å². The van der Waals surface area contributed by atoms with Gasteiger partial charge in [0, 0.05) is 17.8 Å². The summed E-state index contributed by atoms with van der Waals surface area (Å²) in [6, 6.07) is 16.1. The molecular formula is C22H22N2O5S. The third kappa shape index (κ3) is 4.96. The lowest BCUT2D eigenvalue weighted by molar-refractivity contribution is 0.0949. The summed E-state index contributed by atoms with van der Waals surface area (Å²) in [7, 11) is -3.37. The molecule has 30 heavy (non-hydrogen) atoms. The zero-order chi connectivity index (χ0) is 21.7. The Hall–Kier alpha value is -3.39. The molecule has 2 aromatic carbocycles. The quantitative estimate of drug-likeness (QED) is 0.600. The maximum Gasteiger partial charge on any atom is 0.291 e. The Labute approximate surface area is 175 Å². The van der Waals surface area contributed by atoms with Crippen LogP contribution in [-0.2, 0) is 16.4 Å². The molecule has 0 saturated carbocycles. The molecule has 0 fully saturated rings. The predicted molar refractivity (Wildman–Crippen MR) is 113 cm³/mol. The maximum atomic E-state index is 12.3. The zero-order valence-electron chi connectivity index (χ0n) is 16.6. The molecule has 1 aromatic heterocycles. The van der Waals surface area contributed by atoms with Crippen molar-refractivity contribution in [1.29, 1.82) is 0 Å². The minimum absolute atomic E-state index is 0.196. The molecule has 0 saturated heterocycles. The Bertz CT molecular complexity index is 1120. The van der Waals surface area contributed by atoms with Crippen LogP contribution in [0.5, 0.6) is 0 Å². The molecule has 3 aromatic rings. The molecule has 0 spiro atoms. The molecule has 0 atom stereocenters. The lowest BCUT2D eigenvalue weighted by Crippen LogP contribution is -2.23. The number of sulfone groups is 1. The second kappa shape index (κ2) is 8.96. The first-order valence-corrected chi connectivity index (χ1v) is 10.9.